The largest absolute Gasteiger partial charge is 0.393 e. The summed E-state index contributed by atoms with van der Waals surface area (Å²) >= 11 is 0. The highest BCUT2D eigenvalue weighted by atomic mass is 19.4. The Morgan fingerprint density at radius 1 is 1.44 bits per heavy atom. The summed E-state index contributed by atoms with van der Waals surface area (Å²) in [7, 11) is 0. The van der Waals surface area contributed by atoms with Crippen molar-refractivity contribution in [3.63, 3.8) is 0 Å². The molecule has 6 heteroatoms. The fourth-order valence-electron chi connectivity index (χ4n) is 2.21. The van der Waals surface area contributed by atoms with Crippen molar-refractivity contribution in [1.82, 2.24) is 4.98 Å². The van der Waals surface area contributed by atoms with Crippen LogP contribution in [0.2, 0.25) is 0 Å². The van der Waals surface area contributed by atoms with Crippen molar-refractivity contribution in [3.05, 3.63) is 23.9 Å². The lowest BCUT2D eigenvalue weighted by Crippen LogP contribution is -2.42. The van der Waals surface area contributed by atoms with Crippen LogP contribution in [-0.2, 0) is 6.54 Å². The van der Waals surface area contributed by atoms with Crippen LogP contribution >= 0.6 is 0 Å². The van der Waals surface area contributed by atoms with Crippen LogP contribution in [0.25, 0.3) is 0 Å². The number of hydrogen-bond donors (Lipinski definition) is 1. The first-order chi connectivity index (χ1) is 8.50. The second-order valence-electron chi connectivity index (χ2n) is 4.55. The van der Waals surface area contributed by atoms with Crippen LogP contribution < -0.4 is 10.6 Å². The van der Waals surface area contributed by atoms with E-state index in [1.54, 1.807) is 23.2 Å². The summed E-state index contributed by atoms with van der Waals surface area (Å²) in [5.74, 6) is -0.665. The van der Waals surface area contributed by atoms with Gasteiger partial charge in [-0.25, -0.2) is 4.98 Å². The Labute approximate surface area is 104 Å². The minimum Gasteiger partial charge on any atom is -0.356 e. The van der Waals surface area contributed by atoms with Gasteiger partial charge in [0, 0.05) is 25.8 Å². The summed E-state index contributed by atoms with van der Waals surface area (Å²) in [4.78, 5) is 5.83. The molecule has 1 saturated heterocycles. The summed E-state index contributed by atoms with van der Waals surface area (Å²) in [6.45, 7) is 0.976. The van der Waals surface area contributed by atoms with Gasteiger partial charge in [-0.05, 0) is 30.5 Å². The molecule has 0 bridgehead atoms. The number of nitrogens with two attached hydrogens (primary N) is 1. The molecular weight excluding hydrogens is 243 g/mol. The number of nitrogens with zero attached hydrogens (tertiary/aromatic N) is 2. The van der Waals surface area contributed by atoms with E-state index in [1.165, 1.54) is 0 Å². The molecule has 0 saturated carbocycles. The molecule has 1 atom stereocenters. The van der Waals surface area contributed by atoms with Crippen LogP contribution in [0.5, 0.6) is 0 Å². The SMILES string of the molecule is NCc1ccnc(N2CCCC(C(F)(F)F)C2)c1. The Bertz CT molecular complexity index is 406. The van der Waals surface area contributed by atoms with Gasteiger partial charge in [-0.1, -0.05) is 0 Å². The van der Waals surface area contributed by atoms with E-state index in [2.05, 4.69) is 4.98 Å². The van der Waals surface area contributed by atoms with Crippen LogP contribution in [0.4, 0.5) is 19.0 Å². The van der Waals surface area contributed by atoms with Crippen LogP contribution in [0, 0.1) is 5.92 Å². The second kappa shape index (κ2) is 5.14. The minimum atomic E-state index is -4.12. The Hall–Kier alpha value is -1.30. The fraction of sp³-hybridized carbons (Fsp3) is 0.583. The predicted octanol–water partition coefficient (Wildman–Crippen LogP) is 2.32. The molecule has 100 valence electrons. The molecule has 1 fully saturated rings. The Morgan fingerprint density at radius 3 is 2.89 bits per heavy atom. The van der Waals surface area contributed by atoms with E-state index >= 15 is 0 Å². The van der Waals surface area contributed by atoms with Crippen molar-refractivity contribution < 1.29 is 13.2 Å². The molecule has 18 heavy (non-hydrogen) atoms. The van der Waals surface area contributed by atoms with Gasteiger partial charge in [0.2, 0.25) is 0 Å². The van der Waals surface area contributed by atoms with Gasteiger partial charge in [0.05, 0.1) is 5.92 Å². The number of rotatable bonds is 2. The number of hydrogen-bond acceptors (Lipinski definition) is 3. The smallest absolute Gasteiger partial charge is 0.356 e. The Morgan fingerprint density at radius 2 is 2.22 bits per heavy atom. The first-order valence-corrected chi connectivity index (χ1v) is 5.97. The fourth-order valence-corrected chi connectivity index (χ4v) is 2.21. The van der Waals surface area contributed by atoms with Gasteiger partial charge in [-0.15, -0.1) is 0 Å². The second-order valence-corrected chi connectivity index (χ2v) is 4.55. The number of halogens is 3. The van der Waals surface area contributed by atoms with Gasteiger partial charge in [-0.3, -0.25) is 0 Å². The lowest BCUT2D eigenvalue weighted by Gasteiger charge is -2.34. The molecule has 1 aromatic heterocycles. The molecule has 0 aliphatic carbocycles. The van der Waals surface area contributed by atoms with E-state index in [-0.39, 0.29) is 13.0 Å². The van der Waals surface area contributed by atoms with E-state index in [1.807, 2.05) is 0 Å². The highest BCUT2D eigenvalue weighted by Gasteiger charge is 2.42. The molecule has 0 amide bonds. The predicted molar refractivity (Wildman–Crippen MR) is 63.1 cm³/mol. The Balaban J connectivity index is 2.13. The van der Waals surface area contributed by atoms with Gasteiger partial charge >= 0.3 is 6.18 Å². The van der Waals surface area contributed by atoms with Crippen molar-refractivity contribution in [2.24, 2.45) is 11.7 Å². The van der Waals surface area contributed by atoms with E-state index < -0.39 is 12.1 Å². The quantitative estimate of drug-likeness (QED) is 0.886. The lowest BCUT2D eigenvalue weighted by atomic mass is 9.97. The van der Waals surface area contributed by atoms with E-state index in [9.17, 15) is 13.2 Å². The molecule has 0 spiro atoms. The zero-order chi connectivity index (χ0) is 13.2. The Kier molecular flexibility index (Phi) is 3.75. The molecule has 1 aromatic rings. The maximum absolute atomic E-state index is 12.7. The minimum absolute atomic E-state index is 0.00940. The number of piperidine rings is 1. The van der Waals surface area contributed by atoms with Gasteiger partial charge < -0.3 is 10.6 Å². The summed E-state index contributed by atoms with van der Waals surface area (Å²) < 4.78 is 38.1. The molecule has 0 radical (unpaired) electrons. The van der Waals surface area contributed by atoms with Crippen molar-refractivity contribution in [3.8, 4) is 0 Å². The van der Waals surface area contributed by atoms with Crippen molar-refractivity contribution in [2.45, 2.75) is 25.6 Å². The first-order valence-electron chi connectivity index (χ1n) is 5.97. The highest BCUT2D eigenvalue weighted by molar-refractivity contribution is 5.41. The average Bonchev–Trinajstić information content (AvgIpc) is 2.38. The molecule has 2 rings (SSSR count). The maximum atomic E-state index is 12.7. The monoisotopic (exact) mass is 259 g/mol. The maximum Gasteiger partial charge on any atom is 0.393 e. The number of pyridine rings is 1. The van der Waals surface area contributed by atoms with Crippen molar-refractivity contribution >= 4 is 5.82 Å². The van der Waals surface area contributed by atoms with E-state index in [4.69, 9.17) is 5.73 Å². The zero-order valence-electron chi connectivity index (χ0n) is 9.95. The summed E-state index contributed by atoms with van der Waals surface area (Å²) in [5.41, 5.74) is 6.40. The van der Waals surface area contributed by atoms with Crippen LogP contribution in [0.3, 0.4) is 0 Å². The van der Waals surface area contributed by atoms with Crippen molar-refractivity contribution in [2.75, 3.05) is 18.0 Å². The first kappa shape index (κ1) is 13.1. The summed E-state index contributed by atoms with van der Waals surface area (Å²) in [6.07, 6.45) is -1.78. The molecule has 3 nitrogen and oxygen atoms in total. The van der Waals surface area contributed by atoms with E-state index in [0.717, 1.165) is 5.56 Å². The molecule has 2 heterocycles. The van der Waals surface area contributed by atoms with Crippen LogP contribution in [0.15, 0.2) is 18.3 Å². The van der Waals surface area contributed by atoms with Gasteiger partial charge in [0.1, 0.15) is 5.82 Å². The zero-order valence-corrected chi connectivity index (χ0v) is 9.95. The van der Waals surface area contributed by atoms with Crippen LogP contribution in [-0.4, -0.2) is 24.2 Å². The molecular formula is C12H16F3N3. The third-order valence-corrected chi connectivity index (χ3v) is 3.25. The van der Waals surface area contributed by atoms with Gasteiger partial charge in [0.25, 0.3) is 0 Å². The number of alkyl halides is 3. The van der Waals surface area contributed by atoms with Gasteiger partial charge in [0.15, 0.2) is 0 Å². The highest BCUT2D eigenvalue weighted by Crippen LogP contribution is 2.34. The number of anilines is 1. The molecule has 0 aromatic carbocycles. The average molecular weight is 259 g/mol. The standard InChI is InChI=1S/C12H16F3N3/c13-12(14,15)10-2-1-5-18(8-10)11-6-9(7-16)3-4-17-11/h3-4,6,10H,1-2,5,7-8,16H2. The number of aromatic nitrogens is 1. The molecule has 1 aliphatic heterocycles. The van der Waals surface area contributed by atoms with Crippen LogP contribution in [0.1, 0.15) is 18.4 Å². The van der Waals surface area contributed by atoms with Gasteiger partial charge in [-0.2, -0.15) is 13.2 Å². The normalized spacial score (nSPS) is 21.1. The summed E-state index contributed by atoms with van der Waals surface area (Å²) in [6, 6.07) is 3.54. The summed E-state index contributed by atoms with van der Waals surface area (Å²) in [5, 5.41) is 0. The topological polar surface area (TPSA) is 42.1 Å². The lowest BCUT2D eigenvalue weighted by molar-refractivity contribution is -0.176. The van der Waals surface area contributed by atoms with E-state index in [0.29, 0.717) is 25.3 Å². The molecule has 1 unspecified atom stereocenters. The third-order valence-electron chi connectivity index (χ3n) is 3.25. The molecule has 2 N–H and O–H groups in total. The molecule has 1 aliphatic rings. The van der Waals surface area contributed by atoms with Crippen molar-refractivity contribution in [1.29, 1.82) is 0 Å². The third kappa shape index (κ3) is 2.93.